The lowest BCUT2D eigenvalue weighted by Crippen LogP contribution is -2.42. The zero-order valence-electron chi connectivity index (χ0n) is 24.7. The summed E-state index contributed by atoms with van der Waals surface area (Å²) in [5.74, 6) is -4.98. The largest absolute Gasteiger partial charge is 0.452 e. The number of halogens is 4. The number of benzene rings is 2. The third-order valence-corrected chi connectivity index (χ3v) is 7.73. The van der Waals surface area contributed by atoms with Crippen molar-refractivity contribution in [2.75, 3.05) is 23.3 Å². The zero-order chi connectivity index (χ0) is 32.7. The number of nitrogens with one attached hydrogen (secondary N) is 1. The molecule has 4 heterocycles. The molecular formula is C32H28F4N6O4. The van der Waals surface area contributed by atoms with E-state index in [2.05, 4.69) is 10.4 Å². The van der Waals surface area contributed by atoms with Gasteiger partial charge in [-0.05, 0) is 56.3 Å². The minimum absolute atomic E-state index is 0.00220. The van der Waals surface area contributed by atoms with E-state index in [4.69, 9.17) is 4.74 Å². The second-order valence-corrected chi connectivity index (χ2v) is 11.2. The third-order valence-electron chi connectivity index (χ3n) is 7.73. The number of nitrogens with zero attached hydrogens (tertiary/aromatic N) is 5. The number of rotatable bonds is 7. The van der Waals surface area contributed by atoms with Crippen molar-refractivity contribution < 1.29 is 27.1 Å². The highest BCUT2D eigenvalue weighted by atomic mass is 19.3. The van der Waals surface area contributed by atoms with Gasteiger partial charge >= 0.3 is 5.69 Å². The van der Waals surface area contributed by atoms with E-state index in [1.54, 1.807) is 37.1 Å². The van der Waals surface area contributed by atoms with E-state index >= 15 is 4.39 Å². The molecule has 6 rings (SSSR count). The van der Waals surface area contributed by atoms with E-state index in [1.807, 2.05) is 0 Å². The number of alkyl halides is 2. The van der Waals surface area contributed by atoms with Crippen LogP contribution in [0.15, 0.2) is 82.8 Å². The van der Waals surface area contributed by atoms with Gasteiger partial charge in [0.1, 0.15) is 16.9 Å². The van der Waals surface area contributed by atoms with E-state index in [0.29, 0.717) is 11.2 Å². The van der Waals surface area contributed by atoms with Gasteiger partial charge in [-0.15, -0.1) is 0 Å². The molecule has 1 aliphatic rings. The van der Waals surface area contributed by atoms with Crippen LogP contribution in [0, 0.1) is 11.6 Å². The number of hydrogen-bond acceptors (Lipinski definition) is 6. The van der Waals surface area contributed by atoms with Gasteiger partial charge in [-0.2, -0.15) is 5.10 Å². The molecule has 1 aliphatic heterocycles. The van der Waals surface area contributed by atoms with Crippen LogP contribution in [-0.4, -0.2) is 43.7 Å². The standard InChI is InChI=1S/C32H28F4N6O4/c1-19(2)40-18-24(30(44)42(31(40)45)22-6-3-20(33)4-7-22)29(43)38-21-5-8-27(25(34)15-21)46-28-16-23(17-41-26(28)9-12-37-41)39-13-10-32(35,36)11-14-39/h3-9,12,15-19H,10-11,13-14H2,1-2H3,(H,38,43). The van der Waals surface area contributed by atoms with Gasteiger partial charge in [0.15, 0.2) is 17.3 Å². The van der Waals surface area contributed by atoms with Gasteiger partial charge < -0.3 is 15.0 Å². The molecule has 14 heteroatoms. The molecule has 0 spiro atoms. The number of carbonyl (C=O) groups excluding carboxylic acids is 1. The normalized spacial score (nSPS) is 14.5. The monoisotopic (exact) mass is 636 g/mol. The summed E-state index contributed by atoms with van der Waals surface area (Å²) in [5, 5.41) is 6.70. The predicted octanol–water partition coefficient (Wildman–Crippen LogP) is 5.79. The number of anilines is 2. The Labute approximate surface area is 259 Å². The van der Waals surface area contributed by atoms with E-state index < -0.39 is 46.3 Å². The topological polar surface area (TPSA) is 103 Å². The fourth-order valence-electron chi connectivity index (χ4n) is 5.22. The van der Waals surface area contributed by atoms with Crippen molar-refractivity contribution in [2.45, 2.75) is 38.7 Å². The Bertz CT molecular complexity index is 2060. The van der Waals surface area contributed by atoms with Crippen molar-refractivity contribution in [1.82, 2.24) is 18.7 Å². The molecule has 2 aromatic carbocycles. The molecule has 0 saturated carbocycles. The molecule has 1 amide bonds. The first-order valence-electron chi connectivity index (χ1n) is 14.4. The summed E-state index contributed by atoms with van der Waals surface area (Å²) in [5.41, 5.74) is -0.877. The number of carbonyl (C=O) groups is 1. The highest BCUT2D eigenvalue weighted by Crippen LogP contribution is 2.35. The maximum absolute atomic E-state index is 15.3. The molecule has 1 fully saturated rings. The molecule has 46 heavy (non-hydrogen) atoms. The number of piperidine rings is 1. The molecule has 10 nitrogen and oxygen atoms in total. The molecule has 238 valence electrons. The Balaban J connectivity index is 1.27. The lowest BCUT2D eigenvalue weighted by molar-refractivity contribution is -0.0220. The quantitative estimate of drug-likeness (QED) is 0.227. The number of ether oxygens (including phenoxy) is 1. The molecule has 1 saturated heterocycles. The maximum atomic E-state index is 15.3. The fourth-order valence-corrected chi connectivity index (χ4v) is 5.22. The number of fused-ring (bicyclic) bond motifs is 1. The summed E-state index contributed by atoms with van der Waals surface area (Å²) in [6.45, 7) is 3.64. The van der Waals surface area contributed by atoms with E-state index in [0.717, 1.165) is 29.0 Å². The summed E-state index contributed by atoms with van der Waals surface area (Å²) in [4.78, 5) is 41.5. The van der Waals surface area contributed by atoms with Gasteiger partial charge in [0.25, 0.3) is 17.4 Å². The first kappa shape index (κ1) is 30.6. The highest BCUT2D eigenvalue weighted by Gasteiger charge is 2.34. The number of aromatic nitrogens is 4. The summed E-state index contributed by atoms with van der Waals surface area (Å²) < 4.78 is 65.7. The van der Waals surface area contributed by atoms with Crippen LogP contribution in [0.3, 0.4) is 0 Å². The van der Waals surface area contributed by atoms with Crippen molar-refractivity contribution in [2.24, 2.45) is 0 Å². The Morgan fingerprint density at radius 3 is 2.33 bits per heavy atom. The number of amides is 1. The average molecular weight is 637 g/mol. The lowest BCUT2D eigenvalue weighted by Gasteiger charge is -2.33. The van der Waals surface area contributed by atoms with Crippen LogP contribution in [-0.2, 0) is 0 Å². The third kappa shape index (κ3) is 5.97. The van der Waals surface area contributed by atoms with Gasteiger partial charge in [-0.25, -0.2) is 31.4 Å². The molecular weight excluding hydrogens is 608 g/mol. The van der Waals surface area contributed by atoms with Gasteiger partial charge in [0.2, 0.25) is 0 Å². The molecule has 5 aromatic rings. The SMILES string of the molecule is CC(C)n1cc(C(=O)Nc2ccc(Oc3cc(N4CCC(F)(F)CC4)cn4nccc34)c(F)c2)c(=O)n(-c2ccc(F)cc2)c1=O. The lowest BCUT2D eigenvalue weighted by atomic mass is 10.1. The Kier molecular flexibility index (Phi) is 7.88. The maximum Gasteiger partial charge on any atom is 0.335 e. The zero-order valence-corrected chi connectivity index (χ0v) is 24.7. The first-order valence-corrected chi connectivity index (χ1v) is 14.4. The van der Waals surface area contributed by atoms with Crippen molar-refractivity contribution in [3.05, 3.63) is 111 Å². The molecule has 3 aromatic heterocycles. The smallest absolute Gasteiger partial charge is 0.335 e. The van der Waals surface area contributed by atoms with Crippen molar-refractivity contribution in [1.29, 1.82) is 0 Å². The average Bonchev–Trinajstić information content (AvgIpc) is 3.48. The molecule has 0 aliphatic carbocycles. The minimum atomic E-state index is -2.72. The predicted molar refractivity (Wildman–Crippen MR) is 163 cm³/mol. The van der Waals surface area contributed by atoms with Crippen molar-refractivity contribution in [3.63, 3.8) is 0 Å². The van der Waals surface area contributed by atoms with Crippen molar-refractivity contribution >= 4 is 22.8 Å². The molecule has 1 N–H and O–H groups in total. The molecule has 0 unspecified atom stereocenters. The van der Waals surface area contributed by atoms with Crippen LogP contribution >= 0.6 is 0 Å². The Morgan fingerprint density at radius 1 is 0.935 bits per heavy atom. The summed E-state index contributed by atoms with van der Waals surface area (Å²) in [6, 6.07) is 11.2. The van der Waals surface area contributed by atoms with Crippen LogP contribution in [0.1, 0.15) is 43.1 Å². The minimum Gasteiger partial charge on any atom is -0.452 e. The second-order valence-electron chi connectivity index (χ2n) is 11.2. The van der Waals surface area contributed by atoms with Gasteiger partial charge in [-0.3, -0.25) is 14.2 Å². The van der Waals surface area contributed by atoms with Crippen LogP contribution in [0.4, 0.5) is 28.9 Å². The summed E-state index contributed by atoms with van der Waals surface area (Å²) in [7, 11) is 0. The molecule has 0 atom stereocenters. The number of hydrogen-bond donors (Lipinski definition) is 1. The Morgan fingerprint density at radius 2 is 1.65 bits per heavy atom. The van der Waals surface area contributed by atoms with Crippen LogP contribution in [0.25, 0.3) is 11.2 Å². The number of pyridine rings is 1. The molecule has 0 bridgehead atoms. The highest BCUT2D eigenvalue weighted by molar-refractivity contribution is 6.03. The van der Waals surface area contributed by atoms with Crippen LogP contribution < -0.4 is 26.2 Å². The van der Waals surface area contributed by atoms with E-state index in [-0.39, 0.29) is 48.8 Å². The first-order chi connectivity index (χ1) is 21.9. The van der Waals surface area contributed by atoms with Gasteiger partial charge in [0, 0.05) is 56.0 Å². The van der Waals surface area contributed by atoms with E-state index in [1.165, 1.54) is 39.5 Å². The van der Waals surface area contributed by atoms with Crippen LogP contribution in [0.5, 0.6) is 11.5 Å². The van der Waals surface area contributed by atoms with E-state index in [9.17, 15) is 27.6 Å². The van der Waals surface area contributed by atoms with Crippen LogP contribution in [0.2, 0.25) is 0 Å². The van der Waals surface area contributed by atoms with Crippen molar-refractivity contribution in [3.8, 4) is 17.2 Å². The molecule has 0 radical (unpaired) electrons. The summed E-state index contributed by atoms with van der Waals surface area (Å²) in [6.07, 6.45) is 3.76. The van der Waals surface area contributed by atoms with Gasteiger partial charge in [0.05, 0.1) is 23.8 Å². The van der Waals surface area contributed by atoms with Gasteiger partial charge in [-0.1, -0.05) is 0 Å². The fraction of sp³-hybridized carbons (Fsp3) is 0.250. The summed E-state index contributed by atoms with van der Waals surface area (Å²) >= 11 is 0. The second kappa shape index (κ2) is 11.8. The Hall–Kier alpha value is -5.40.